The van der Waals surface area contributed by atoms with E-state index in [0.717, 1.165) is 6.54 Å². The second-order valence-electron chi connectivity index (χ2n) is 4.81. The summed E-state index contributed by atoms with van der Waals surface area (Å²) in [6, 6.07) is 0. The Morgan fingerprint density at radius 1 is 1.36 bits per heavy atom. The van der Waals surface area contributed by atoms with Gasteiger partial charge in [-0.15, -0.1) is 0 Å². The summed E-state index contributed by atoms with van der Waals surface area (Å²) < 4.78 is 0. The molecule has 1 aliphatic rings. The van der Waals surface area contributed by atoms with Gasteiger partial charge in [-0.2, -0.15) is 0 Å². The Hall–Kier alpha value is -0.330. The lowest BCUT2D eigenvalue weighted by molar-refractivity contribution is 0.176. The van der Waals surface area contributed by atoms with Gasteiger partial charge in [-0.05, 0) is 18.3 Å². The third-order valence-electron chi connectivity index (χ3n) is 3.07. The Morgan fingerprint density at radius 3 is 2.27 bits per heavy atom. The first-order valence-electron chi connectivity index (χ1n) is 4.47. The van der Waals surface area contributed by atoms with Crippen molar-refractivity contribution >= 4 is 6.21 Å². The first kappa shape index (κ1) is 8.76. The first-order valence-corrected chi connectivity index (χ1v) is 4.47. The largest absolute Gasteiger partial charge is 0.297 e. The molecule has 0 saturated heterocycles. The van der Waals surface area contributed by atoms with Gasteiger partial charge in [0.15, 0.2) is 0 Å². The number of hydrogen-bond acceptors (Lipinski definition) is 1. The molecule has 0 aliphatic carbocycles. The van der Waals surface area contributed by atoms with Crippen LogP contribution in [0.2, 0.25) is 0 Å². The zero-order valence-corrected chi connectivity index (χ0v) is 8.15. The van der Waals surface area contributed by atoms with E-state index < -0.39 is 0 Å². The van der Waals surface area contributed by atoms with Crippen LogP contribution in [0.25, 0.3) is 0 Å². The van der Waals surface area contributed by atoms with Gasteiger partial charge in [0, 0.05) is 18.2 Å². The lowest BCUT2D eigenvalue weighted by Crippen LogP contribution is -2.36. The zero-order valence-electron chi connectivity index (χ0n) is 8.15. The zero-order chi connectivity index (χ0) is 8.54. The molecule has 64 valence electrons. The monoisotopic (exact) mass is 153 g/mol. The highest BCUT2D eigenvalue weighted by molar-refractivity contribution is 5.67. The summed E-state index contributed by atoms with van der Waals surface area (Å²) in [5.41, 5.74) is 0.683. The Balaban J connectivity index is 2.80. The molecule has 0 saturated carbocycles. The molecule has 1 nitrogen and oxygen atoms in total. The van der Waals surface area contributed by atoms with Crippen molar-refractivity contribution in [1.82, 2.24) is 0 Å². The fourth-order valence-electron chi connectivity index (χ4n) is 1.44. The van der Waals surface area contributed by atoms with Crippen molar-refractivity contribution < 1.29 is 0 Å². The lowest BCUT2D eigenvalue weighted by atomic mass is 9.65. The van der Waals surface area contributed by atoms with Crippen molar-refractivity contribution in [2.24, 2.45) is 15.8 Å². The van der Waals surface area contributed by atoms with E-state index in [0.29, 0.717) is 10.8 Å². The van der Waals surface area contributed by atoms with Gasteiger partial charge in [0.05, 0.1) is 0 Å². The van der Waals surface area contributed by atoms with Gasteiger partial charge in [-0.3, -0.25) is 4.99 Å². The minimum absolute atomic E-state index is 0.325. The Labute approximate surface area is 69.9 Å². The van der Waals surface area contributed by atoms with Crippen LogP contribution in [0, 0.1) is 10.8 Å². The van der Waals surface area contributed by atoms with E-state index in [1.54, 1.807) is 0 Å². The highest BCUT2D eigenvalue weighted by Crippen LogP contribution is 2.41. The van der Waals surface area contributed by atoms with Crippen molar-refractivity contribution in [3.8, 4) is 0 Å². The lowest BCUT2D eigenvalue weighted by Gasteiger charge is -2.40. The minimum atomic E-state index is 0.325. The molecule has 1 rings (SSSR count). The summed E-state index contributed by atoms with van der Waals surface area (Å²) in [7, 11) is 0. The van der Waals surface area contributed by atoms with Gasteiger partial charge in [0.2, 0.25) is 0 Å². The van der Waals surface area contributed by atoms with Gasteiger partial charge in [-0.1, -0.05) is 27.7 Å². The van der Waals surface area contributed by atoms with Crippen LogP contribution in [0.3, 0.4) is 0 Å². The van der Waals surface area contributed by atoms with Gasteiger partial charge >= 0.3 is 0 Å². The molecule has 1 atom stereocenters. The molecule has 0 fully saturated rings. The average molecular weight is 153 g/mol. The number of hydrogen-bond donors (Lipinski definition) is 0. The molecule has 0 N–H and O–H groups in total. The van der Waals surface area contributed by atoms with E-state index in [9.17, 15) is 0 Å². The molecular formula is C10H19N. The molecule has 0 spiro atoms. The predicted molar refractivity (Wildman–Crippen MR) is 50.2 cm³/mol. The van der Waals surface area contributed by atoms with Crippen LogP contribution in [-0.2, 0) is 0 Å². The molecule has 0 amide bonds. The molecule has 1 aliphatic heterocycles. The first-order chi connectivity index (χ1) is 4.96. The summed E-state index contributed by atoms with van der Waals surface area (Å²) >= 11 is 0. The Morgan fingerprint density at radius 2 is 2.00 bits per heavy atom. The number of rotatable bonds is 0. The van der Waals surface area contributed by atoms with E-state index >= 15 is 0 Å². The normalized spacial score (nSPS) is 32.4. The van der Waals surface area contributed by atoms with Gasteiger partial charge < -0.3 is 0 Å². The fraction of sp³-hybridized carbons (Fsp3) is 0.900. The minimum Gasteiger partial charge on any atom is -0.297 e. The Bertz CT molecular complexity index is 164. The van der Waals surface area contributed by atoms with Crippen LogP contribution in [0.4, 0.5) is 0 Å². The van der Waals surface area contributed by atoms with Crippen LogP contribution in [0.1, 0.15) is 40.5 Å². The van der Waals surface area contributed by atoms with Gasteiger partial charge in [0.25, 0.3) is 0 Å². The van der Waals surface area contributed by atoms with E-state index in [-0.39, 0.29) is 0 Å². The van der Waals surface area contributed by atoms with Crippen LogP contribution in [0.5, 0.6) is 0 Å². The molecule has 0 aromatic heterocycles. The second-order valence-corrected chi connectivity index (χ2v) is 4.81. The second kappa shape index (κ2) is 2.62. The van der Waals surface area contributed by atoms with Crippen molar-refractivity contribution in [1.29, 1.82) is 0 Å². The molecule has 0 aromatic rings. The smallest absolute Gasteiger partial charge is 0.0385 e. The SMILES string of the molecule is CC(C)(C)C1(C)C=NCCC1. The number of aliphatic imine (C=N–C) groups is 1. The molecule has 1 heteroatoms. The van der Waals surface area contributed by atoms with Crippen molar-refractivity contribution in [2.45, 2.75) is 40.5 Å². The molecular weight excluding hydrogens is 134 g/mol. The molecule has 1 unspecified atom stereocenters. The molecule has 0 bridgehead atoms. The maximum Gasteiger partial charge on any atom is 0.0385 e. The highest BCUT2D eigenvalue weighted by atomic mass is 14.7. The fourth-order valence-corrected chi connectivity index (χ4v) is 1.44. The summed E-state index contributed by atoms with van der Waals surface area (Å²) in [6.07, 6.45) is 4.71. The standard InChI is InChI=1S/C10H19N/c1-9(2,3)10(4)6-5-7-11-8-10/h8H,5-7H2,1-4H3. The Kier molecular flexibility index (Phi) is 2.08. The van der Waals surface area contributed by atoms with Crippen LogP contribution < -0.4 is 0 Å². The maximum absolute atomic E-state index is 4.37. The van der Waals surface area contributed by atoms with Crippen LogP contribution >= 0.6 is 0 Å². The summed E-state index contributed by atoms with van der Waals surface area (Å²) in [4.78, 5) is 4.37. The quantitative estimate of drug-likeness (QED) is 0.507. The highest BCUT2D eigenvalue weighted by Gasteiger charge is 2.36. The van der Waals surface area contributed by atoms with E-state index in [1.165, 1.54) is 12.8 Å². The average Bonchev–Trinajstić information content (AvgIpc) is 1.87. The third kappa shape index (κ3) is 1.63. The topological polar surface area (TPSA) is 12.4 Å². The van der Waals surface area contributed by atoms with Gasteiger partial charge in [0.1, 0.15) is 0 Å². The number of nitrogens with zero attached hydrogens (tertiary/aromatic N) is 1. The van der Waals surface area contributed by atoms with Crippen LogP contribution in [0.15, 0.2) is 4.99 Å². The maximum atomic E-state index is 4.37. The van der Waals surface area contributed by atoms with Crippen molar-refractivity contribution in [2.75, 3.05) is 6.54 Å². The van der Waals surface area contributed by atoms with Crippen molar-refractivity contribution in [3.63, 3.8) is 0 Å². The molecule has 1 heterocycles. The summed E-state index contributed by atoms with van der Waals surface area (Å²) in [6.45, 7) is 10.2. The summed E-state index contributed by atoms with van der Waals surface area (Å²) in [5, 5.41) is 0. The van der Waals surface area contributed by atoms with E-state index in [1.807, 2.05) is 0 Å². The van der Waals surface area contributed by atoms with Crippen molar-refractivity contribution in [3.05, 3.63) is 0 Å². The van der Waals surface area contributed by atoms with Gasteiger partial charge in [-0.25, -0.2) is 0 Å². The van der Waals surface area contributed by atoms with Crippen LogP contribution in [-0.4, -0.2) is 12.8 Å². The van der Waals surface area contributed by atoms with E-state index in [4.69, 9.17) is 0 Å². The molecule has 0 aromatic carbocycles. The third-order valence-corrected chi connectivity index (χ3v) is 3.07. The molecule has 0 radical (unpaired) electrons. The predicted octanol–water partition coefficient (Wildman–Crippen LogP) is 2.90. The van der Waals surface area contributed by atoms with E-state index in [2.05, 4.69) is 38.9 Å². The summed E-state index contributed by atoms with van der Waals surface area (Å²) in [5.74, 6) is 0. The molecule has 11 heavy (non-hydrogen) atoms.